The lowest BCUT2D eigenvalue weighted by Gasteiger charge is -2.12. The number of hydrogen-bond donors (Lipinski definition) is 2. The standard InChI is InChI=1S/C14H14Br2N2O2S/c1-8-5-10(3-4-11(8)15)18-21(19,20)14-7-13(17)12(16)6-9(14)2/h3-7,18H,17H2,1-2H3. The van der Waals surface area contributed by atoms with Crippen LogP contribution in [0.2, 0.25) is 0 Å². The number of anilines is 2. The molecule has 7 heteroatoms. The number of benzene rings is 2. The maximum absolute atomic E-state index is 12.5. The molecule has 0 radical (unpaired) electrons. The van der Waals surface area contributed by atoms with Crippen molar-refractivity contribution in [2.45, 2.75) is 18.7 Å². The number of nitrogens with two attached hydrogens (primary N) is 1. The molecular formula is C14H14Br2N2O2S. The van der Waals surface area contributed by atoms with Gasteiger partial charge in [-0.2, -0.15) is 0 Å². The van der Waals surface area contributed by atoms with Crippen LogP contribution in [0, 0.1) is 13.8 Å². The third-order valence-corrected chi connectivity index (χ3v) is 6.09. The van der Waals surface area contributed by atoms with Crippen LogP contribution in [-0.2, 0) is 10.0 Å². The molecule has 3 N–H and O–H groups in total. The highest BCUT2D eigenvalue weighted by Gasteiger charge is 2.18. The van der Waals surface area contributed by atoms with Gasteiger partial charge in [0.05, 0.1) is 4.90 Å². The molecule has 2 aromatic carbocycles. The fraction of sp³-hybridized carbons (Fsp3) is 0.143. The zero-order chi connectivity index (χ0) is 15.8. The monoisotopic (exact) mass is 432 g/mol. The topological polar surface area (TPSA) is 72.2 Å². The molecule has 0 spiro atoms. The number of sulfonamides is 1. The van der Waals surface area contributed by atoms with Gasteiger partial charge in [-0.05, 0) is 71.2 Å². The normalized spacial score (nSPS) is 11.4. The van der Waals surface area contributed by atoms with Crippen LogP contribution in [0.5, 0.6) is 0 Å². The highest BCUT2D eigenvalue weighted by Crippen LogP contribution is 2.28. The van der Waals surface area contributed by atoms with E-state index in [1.807, 2.05) is 6.92 Å². The summed E-state index contributed by atoms with van der Waals surface area (Å²) in [5.74, 6) is 0. The van der Waals surface area contributed by atoms with E-state index in [1.54, 1.807) is 31.2 Å². The maximum atomic E-state index is 12.5. The first kappa shape index (κ1) is 16.3. The lowest BCUT2D eigenvalue weighted by atomic mass is 10.2. The van der Waals surface area contributed by atoms with E-state index >= 15 is 0 Å². The Morgan fingerprint density at radius 3 is 2.29 bits per heavy atom. The molecule has 0 aromatic heterocycles. The van der Waals surface area contributed by atoms with Crippen LogP contribution < -0.4 is 10.5 Å². The molecule has 0 heterocycles. The van der Waals surface area contributed by atoms with Crippen LogP contribution in [0.15, 0.2) is 44.2 Å². The smallest absolute Gasteiger partial charge is 0.262 e. The third-order valence-electron chi connectivity index (χ3n) is 2.99. The van der Waals surface area contributed by atoms with Gasteiger partial charge in [-0.1, -0.05) is 15.9 Å². The molecule has 0 amide bonds. The fourth-order valence-electron chi connectivity index (χ4n) is 1.88. The van der Waals surface area contributed by atoms with Crippen LogP contribution in [0.1, 0.15) is 11.1 Å². The Labute approximate surface area is 141 Å². The highest BCUT2D eigenvalue weighted by atomic mass is 79.9. The summed E-state index contributed by atoms with van der Waals surface area (Å²) in [6, 6.07) is 8.41. The number of hydrogen-bond acceptors (Lipinski definition) is 3. The molecule has 2 aromatic rings. The van der Waals surface area contributed by atoms with E-state index < -0.39 is 10.0 Å². The number of rotatable bonds is 3. The molecule has 0 aliphatic carbocycles. The summed E-state index contributed by atoms with van der Waals surface area (Å²) in [6.45, 7) is 3.62. The molecule has 0 fully saturated rings. The van der Waals surface area contributed by atoms with Crippen molar-refractivity contribution in [3.8, 4) is 0 Å². The zero-order valence-electron chi connectivity index (χ0n) is 11.4. The molecule has 0 atom stereocenters. The Hall–Kier alpha value is -1.05. The fourth-order valence-corrected chi connectivity index (χ4v) is 3.89. The second-order valence-electron chi connectivity index (χ2n) is 4.71. The Morgan fingerprint density at radius 2 is 1.67 bits per heavy atom. The predicted molar refractivity (Wildman–Crippen MR) is 93.0 cm³/mol. The van der Waals surface area contributed by atoms with Crippen LogP contribution in [0.25, 0.3) is 0 Å². The van der Waals surface area contributed by atoms with E-state index in [2.05, 4.69) is 36.6 Å². The average Bonchev–Trinajstić information content (AvgIpc) is 2.37. The molecule has 0 aliphatic rings. The molecule has 0 unspecified atom stereocenters. The minimum Gasteiger partial charge on any atom is -0.398 e. The largest absolute Gasteiger partial charge is 0.398 e. The Kier molecular flexibility index (Phi) is 4.65. The summed E-state index contributed by atoms with van der Waals surface area (Å²) < 4.78 is 29.2. The molecule has 21 heavy (non-hydrogen) atoms. The van der Waals surface area contributed by atoms with Crippen molar-refractivity contribution >= 4 is 53.3 Å². The van der Waals surface area contributed by atoms with Gasteiger partial charge in [-0.25, -0.2) is 8.42 Å². The van der Waals surface area contributed by atoms with E-state index in [-0.39, 0.29) is 4.90 Å². The summed E-state index contributed by atoms with van der Waals surface area (Å²) in [5.41, 5.74) is 8.24. The van der Waals surface area contributed by atoms with Gasteiger partial charge in [0.15, 0.2) is 0 Å². The van der Waals surface area contributed by atoms with Crippen molar-refractivity contribution in [2.24, 2.45) is 0 Å². The lowest BCUT2D eigenvalue weighted by molar-refractivity contribution is 0.600. The number of nitrogens with one attached hydrogen (secondary N) is 1. The van der Waals surface area contributed by atoms with Gasteiger partial charge in [0.2, 0.25) is 0 Å². The van der Waals surface area contributed by atoms with Crippen molar-refractivity contribution in [1.82, 2.24) is 0 Å². The molecule has 0 saturated heterocycles. The second kappa shape index (κ2) is 5.98. The van der Waals surface area contributed by atoms with Gasteiger partial charge >= 0.3 is 0 Å². The van der Waals surface area contributed by atoms with Crippen molar-refractivity contribution in [3.63, 3.8) is 0 Å². The van der Waals surface area contributed by atoms with Crippen LogP contribution in [-0.4, -0.2) is 8.42 Å². The van der Waals surface area contributed by atoms with Crippen molar-refractivity contribution < 1.29 is 8.42 Å². The summed E-state index contributed by atoms with van der Waals surface area (Å²) >= 11 is 6.67. The Balaban J connectivity index is 2.43. The van der Waals surface area contributed by atoms with E-state index in [4.69, 9.17) is 5.73 Å². The first-order valence-electron chi connectivity index (χ1n) is 6.05. The summed E-state index contributed by atoms with van der Waals surface area (Å²) in [7, 11) is -3.68. The third kappa shape index (κ3) is 3.59. The average molecular weight is 434 g/mol. The minimum atomic E-state index is -3.68. The summed E-state index contributed by atoms with van der Waals surface area (Å²) in [5, 5.41) is 0. The molecule has 4 nitrogen and oxygen atoms in total. The van der Waals surface area contributed by atoms with Crippen LogP contribution in [0.4, 0.5) is 11.4 Å². The molecule has 2 rings (SSSR count). The highest BCUT2D eigenvalue weighted by molar-refractivity contribution is 9.10. The zero-order valence-corrected chi connectivity index (χ0v) is 15.4. The van der Waals surface area contributed by atoms with Crippen LogP contribution in [0.3, 0.4) is 0 Å². The molecule has 0 saturated carbocycles. The minimum absolute atomic E-state index is 0.170. The van der Waals surface area contributed by atoms with Gasteiger partial charge in [-0.3, -0.25) is 4.72 Å². The Bertz CT molecular complexity index is 805. The summed E-state index contributed by atoms with van der Waals surface area (Å²) in [6.07, 6.45) is 0. The SMILES string of the molecule is Cc1cc(NS(=O)(=O)c2cc(N)c(Br)cc2C)ccc1Br. The van der Waals surface area contributed by atoms with Gasteiger partial charge < -0.3 is 5.73 Å². The van der Waals surface area contributed by atoms with Gasteiger partial charge in [0.25, 0.3) is 10.0 Å². The van der Waals surface area contributed by atoms with E-state index in [0.29, 0.717) is 21.4 Å². The van der Waals surface area contributed by atoms with Gasteiger partial charge in [-0.15, -0.1) is 0 Å². The van der Waals surface area contributed by atoms with Crippen molar-refractivity contribution in [2.75, 3.05) is 10.5 Å². The van der Waals surface area contributed by atoms with Gasteiger partial charge in [0.1, 0.15) is 0 Å². The first-order chi connectivity index (χ1) is 9.70. The second-order valence-corrected chi connectivity index (χ2v) is 8.07. The maximum Gasteiger partial charge on any atom is 0.262 e. The predicted octanol–water partition coefficient (Wildman–Crippen LogP) is 4.21. The lowest BCUT2D eigenvalue weighted by Crippen LogP contribution is -2.15. The van der Waals surface area contributed by atoms with Crippen molar-refractivity contribution in [1.29, 1.82) is 0 Å². The quantitative estimate of drug-likeness (QED) is 0.712. The first-order valence-corrected chi connectivity index (χ1v) is 9.12. The number of nitrogen functional groups attached to an aromatic ring is 1. The molecule has 0 aliphatic heterocycles. The molecular weight excluding hydrogens is 420 g/mol. The number of aryl methyl sites for hydroxylation is 2. The number of halogens is 2. The molecule has 112 valence electrons. The van der Waals surface area contributed by atoms with E-state index in [0.717, 1.165) is 10.0 Å². The summed E-state index contributed by atoms with van der Waals surface area (Å²) in [4.78, 5) is 0.170. The molecule has 0 bridgehead atoms. The van der Waals surface area contributed by atoms with Crippen LogP contribution >= 0.6 is 31.9 Å². The van der Waals surface area contributed by atoms with Gasteiger partial charge in [0, 0.05) is 20.3 Å². The Morgan fingerprint density at radius 1 is 1.00 bits per heavy atom. The van der Waals surface area contributed by atoms with Crippen molar-refractivity contribution in [3.05, 3.63) is 50.4 Å². The van der Waals surface area contributed by atoms with E-state index in [1.165, 1.54) is 6.07 Å². The van der Waals surface area contributed by atoms with E-state index in [9.17, 15) is 8.42 Å².